The van der Waals surface area contributed by atoms with Crippen LogP contribution in [0.1, 0.15) is 0 Å². The molecule has 0 heterocycles. The number of benzene rings is 2. The number of para-hydroxylation sites is 1. The van der Waals surface area contributed by atoms with E-state index in [-0.39, 0.29) is 17.2 Å². The molecule has 2 rings (SSSR count). The molecule has 0 saturated carbocycles. The summed E-state index contributed by atoms with van der Waals surface area (Å²) in [5.74, 6) is -1.08. The minimum absolute atomic E-state index is 0.0170. The van der Waals surface area contributed by atoms with Crippen molar-refractivity contribution in [1.29, 1.82) is 0 Å². The maximum absolute atomic E-state index is 13.4. The highest BCUT2D eigenvalue weighted by Crippen LogP contribution is 2.32. The predicted octanol–water partition coefficient (Wildman–Crippen LogP) is 4.10. The Bertz CT molecular complexity index is 560. The summed E-state index contributed by atoms with van der Waals surface area (Å²) in [5.41, 5.74) is 5.34. The van der Waals surface area contributed by atoms with Gasteiger partial charge in [-0.15, -0.1) is 0 Å². The van der Waals surface area contributed by atoms with Crippen molar-refractivity contribution in [3.63, 3.8) is 0 Å². The highest BCUT2D eigenvalue weighted by atomic mass is 79.9. The van der Waals surface area contributed by atoms with Crippen LogP contribution in [0.25, 0.3) is 0 Å². The summed E-state index contributed by atoms with van der Waals surface area (Å²) in [6, 6.07) is 8.35. The molecule has 2 aromatic rings. The second-order valence-electron chi connectivity index (χ2n) is 3.33. The zero-order valence-electron chi connectivity index (χ0n) is 8.58. The van der Waals surface area contributed by atoms with Gasteiger partial charge in [-0.25, -0.2) is 8.78 Å². The maximum Gasteiger partial charge on any atom is 0.165 e. The molecule has 0 aliphatic carbocycles. The van der Waals surface area contributed by atoms with E-state index in [1.807, 2.05) is 0 Å². The number of ether oxygens (including phenoxy) is 1. The fourth-order valence-corrected chi connectivity index (χ4v) is 1.62. The summed E-state index contributed by atoms with van der Waals surface area (Å²) in [4.78, 5) is 0. The molecule has 2 N–H and O–H groups in total. The van der Waals surface area contributed by atoms with E-state index in [9.17, 15) is 8.78 Å². The number of nitrogen functional groups attached to an aromatic ring is 1. The second kappa shape index (κ2) is 4.71. The van der Waals surface area contributed by atoms with Gasteiger partial charge in [0.1, 0.15) is 11.5 Å². The van der Waals surface area contributed by atoms with Gasteiger partial charge in [0.25, 0.3) is 0 Å². The molecule has 0 aliphatic heterocycles. The number of hydrogen-bond acceptors (Lipinski definition) is 2. The largest absolute Gasteiger partial charge is 0.452 e. The van der Waals surface area contributed by atoms with Gasteiger partial charge < -0.3 is 10.5 Å². The number of anilines is 1. The summed E-state index contributed by atoms with van der Waals surface area (Å²) < 4.78 is 32.4. The molecule has 0 unspecified atom stereocenters. The zero-order chi connectivity index (χ0) is 12.4. The Balaban J connectivity index is 2.38. The van der Waals surface area contributed by atoms with Crippen LogP contribution in [0, 0.1) is 11.6 Å². The van der Waals surface area contributed by atoms with Crippen molar-refractivity contribution in [3.05, 3.63) is 52.5 Å². The Hall–Kier alpha value is -1.62. The Labute approximate surface area is 105 Å². The Kier molecular flexibility index (Phi) is 3.28. The molecule has 0 aliphatic rings. The van der Waals surface area contributed by atoms with E-state index in [1.165, 1.54) is 36.4 Å². The van der Waals surface area contributed by atoms with Crippen LogP contribution in [0.4, 0.5) is 14.5 Å². The van der Waals surface area contributed by atoms with Crippen molar-refractivity contribution in [2.24, 2.45) is 0 Å². The van der Waals surface area contributed by atoms with Gasteiger partial charge >= 0.3 is 0 Å². The molecule has 2 aromatic carbocycles. The number of hydrogen-bond donors (Lipinski definition) is 1. The smallest absolute Gasteiger partial charge is 0.165 e. The summed E-state index contributed by atoms with van der Waals surface area (Å²) >= 11 is 3.19. The van der Waals surface area contributed by atoms with Crippen LogP contribution in [0.2, 0.25) is 0 Å². The predicted molar refractivity (Wildman–Crippen MR) is 65.0 cm³/mol. The molecule has 88 valence electrons. The van der Waals surface area contributed by atoms with E-state index < -0.39 is 11.6 Å². The second-order valence-corrected chi connectivity index (χ2v) is 4.24. The van der Waals surface area contributed by atoms with E-state index in [0.717, 1.165) is 0 Å². The Morgan fingerprint density at radius 3 is 2.53 bits per heavy atom. The molecule has 17 heavy (non-hydrogen) atoms. The number of nitrogens with two attached hydrogens (primary N) is 1. The van der Waals surface area contributed by atoms with E-state index >= 15 is 0 Å². The van der Waals surface area contributed by atoms with Gasteiger partial charge in [0.05, 0.1) is 0 Å². The fraction of sp³-hybridized carbons (Fsp3) is 0. The van der Waals surface area contributed by atoms with Crippen molar-refractivity contribution in [1.82, 2.24) is 0 Å². The zero-order valence-corrected chi connectivity index (χ0v) is 10.2. The number of halogens is 3. The van der Waals surface area contributed by atoms with E-state index in [4.69, 9.17) is 10.5 Å². The lowest BCUT2D eigenvalue weighted by Gasteiger charge is -2.09. The van der Waals surface area contributed by atoms with Gasteiger partial charge in [0.15, 0.2) is 17.3 Å². The summed E-state index contributed by atoms with van der Waals surface area (Å²) in [5, 5.41) is 0. The van der Waals surface area contributed by atoms with Crippen molar-refractivity contribution < 1.29 is 13.5 Å². The van der Waals surface area contributed by atoms with Crippen molar-refractivity contribution in [3.8, 4) is 11.5 Å². The van der Waals surface area contributed by atoms with Gasteiger partial charge in [-0.2, -0.15) is 0 Å². The van der Waals surface area contributed by atoms with Crippen LogP contribution < -0.4 is 10.5 Å². The topological polar surface area (TPSA) is 35.2 Å². The third-order valence-electron chi connectivity index (χ3n) is 2.13. The van der Waals surface area contributed by atoms with Gasteiger partial charge in [-0.1, -0.05) is 22.0 Å². The highest BCUT2D eigenvalue weighted by molar-refractivity contribution is 9.10. The first-order valence-corrected chi connectivity index (χ1v) is 5.54. The minimum Gasteiger partial charge on any atom is -0.452 e. The average molecular weight is 300 g/mol. The van der Waals surface area contributed by atoms with Gasteiger partial charge in [-0.05, 0) is 30.3 Å². The van der Waals surface area contributed by atoms with Gasteiger partial charge in [0.2, 0.25) is 0 Å². The lowest BCUT2D eigenvalue weighted by atomic mass is 10.3. The molecule has 0 atom stereocenters. The molecule has 0 amide bonds. The first-order valence-electron chi connectivity index (χ1n) is 4.75. The van der Waals surface area contributed by atoms with Crippen LogP contribution in [0.5, 0.6) is 11.5 Å². The number of rotatable bonds is 2. The molecule has 0 spiro atoms. The quantitative estimate of drug-likeness (QED) is 0.847. The summed E-state index contributed by atoms with van der Waals surface area (Å²) in [6.45, 7) is 0. The molecule has 0 aromatic heterocycles. The van der Waals surface area contributed by atoms with Crippen LogP contribution in [0.15, 0.2) is 40.9 Å². The molecule has 2 nitrogen and oxygen atoms in total. The molecule has 0 fully saturated rings. The molecule has 0 bridgehead atoms. The van der Waals surface area contributed by atoms with Gasteiger partial charge in [0, 0.05) is 4.47 Å². The molecule has 5 heteroatoms. The fourth-order valence-electron chi connectivity index (χ4n) is 1.28. The third-order valence-corrected chi connectivity index (χ3v) is 2.62. The van der Waals surface area contributed by atoms with Crippen LogP contribution in [0.3, 0.4) is 0 Å². The van der Waals surface area contributed by atoms with Crippen LogP contribution in [-0.4, -0.2) is 0 Å². The Morgan fingerprint density at radius 2 is 1.76 bits per heavy atom. The average Bonchev–Trinajstić information content (AvgIpc) is 2.30. The summed E-state index contributed by atoms with van der Waals surface area (Å²) in [7, 11) is 0. The first kappa shape index (κ1) is 11.9. The Morgan fingerprint density at radius 1 is 1.00 bits per heavy atom. The van der Waals surface area contributed by atoms with E-state index in [0.29, 0.717) is 4.47 Å². The molecule has 0 radical (unpaired) electrons. The molecular formula is C12H8BrF2NO. The molecular weight excluding hydrogens is 292 g/mol. The van der Waals surface area contributed by atoms with E-state index in [2.05, 4.69) is 15.9 Å². The normalized spacial score (nSPS) is 10.3. The third kappa shape index (κ3) is 2.55. The van der Waals surface area contributed by atoms with Crippen molar-refractivity contribution in [2.75, 3.05) is 5.73 Å². The highest BCUT2D eigenvalue weighted by Gasteiger charge is 2.10. The van der Waals surface area contributed by atoms with Crippen LogP contribution >= 0.6 is 15.9 Å². The van der Waals surface area contributed by atoms with Crippen LogP contribution in [-0.2, 0) is 0 Å². The molecule has 0 saturated heterocycles. The monoisotopic (exact) mass is 299 g/mol. The SMILES string of the molecule is Nc1c(F)cccc1Oc1cc(Br)ccc1F. The lowest BCUT2D eigenvalue weighted by molar-refractivity contribution is 0.441. The van der Waals surface area contributed by atoms with E-state index in [1.54, 1.807) is 0 Å². The van der Waals surface area contributed by atoms with Gasteiger partial charge in [-0.3, -0.25) is 0 Å². The minimum atomic E-state index is -0.599. The maximum atomic E-state index is 13.4. The summed E-state index contributed by atoms with van der Waals surface area (Å²) in [6.07, 6.45) is 0. The van der Waals surface area contributed by atoms with Crippen molar-refractivity contribution >= 4 is 21.6 Å². The lowest BCUT2D eigenvalue weighted by Crippen LogP contribution is -1.96. The van der Waals surface area contributed by atoms with Crippen molar-refractivity contribution in [2.45, 2.75) is 0 Å². The standard InChI is InChI=1S/C12H8BrF2NO/c13-7-4-5-8(14)11(6-7)17-10-3-1-2-9(15)12(10)16/h1-6H,16H2. The first-order chi connectivity index (χ1) is 8.08.